The largest absolute Gasteiger partial charge is 0.383 e. The van der Waals surface area contributed by atoms with Gasteiger partial charge in [-0.15, -0.1) is 0 Å². The highest BCUT2D eigenvalue weighted by atomic mass is 32.2. The maximum absolute atomic E-state index is 12.8. The lowest BCUT2D eigenvalue weighted by atomic mass is 10.1. The lowest BCUT2D eigenvalue weighted by Crippen LogP contribution is -2.38. The number of rotatable bonds is 4. The molecule has 1 atom stereocenters. The molecule has 0 radical (unpaired) electrons. The van der Waals surface area contributed by atoms with E-state index < -0.39 is 10.0 Å². The molecule has 110 valence electrons. The predicted molar refractivity (Wildman–Crippen MR) is 77.3 cm³/mol. The Morgan fingerprint density at radius 2 is 2.05 bits per heavy atom. The van der Waals surface area contributed by atoms with Gasteiger partial charge >= 0.3 is 0 Å². The predicted octanol–water partition coefficient (Wildman–Crippen LogP) is 1.97. The molecule has 2 aliphatic rings. The minimum atomic E-state index is -3.38. The van der Waals surface area contributed by atoms with E-state index in [4.69, 9.17) is 4.74 Å². The van der Waals surface area contributed by atoms with Gasteiger partial charge in [-0.1, -0.05) is 6.07 Å². The van der Waals surface area contributed by atoms with Crippen molar-refractivity contribution in [1.82, 2.24) is 4.31 Å². The van der Waals surface area contributed by atoms with Gasteiger partial charge in [0.2, 0.25) is 10.0 Å². The molecule has 3 rings (SSSR count). The summed E-state index contributed by atoms with van der Waals surface area (Å²) in [6.45, 7) is 1.08. The molecule has 1 heterocycles. The Kier molecular flexibility index (Phi) is 3.84. The molecule has 1 aliphatic heterocycles. The molecule has 4 nitrogen and oxygen atoms in total. The van der Waals surface area contributed by atoms with E-state index >= 15 is 0 Å². The SMILES string of the molecule is COCC1CCCN1S(=O)(=O)c1ccc2c(c1)CCC2. The summed E-state index contributed by atoms with van der Waals surface area (Å²) >= 11 is 0. The summed E-state index contributed by atoms with van der Waals surface area (Å²) in [6.07, 6.45) is 5.01. The summed E-state index contributed by atoms with van der Waals surface area (Å²) in [5, 5.41) is 0. The number of aryl methyl sites for hydroxylation is 2. The number of nitrogens with zero attached hydrogens (tertiary/aromatic N) is 1. The maximum Gasteiger partial charge on any atom is 0.243 e. The average Bonchev–Trinajstić information content (AvgIpc) is 3.06. The van der Waals surface area contributed by atoms with E-state index in [1.54, 1.807) is 17.5 Å². The minimum Gasteiger partial charge on any atom is -0.383 e. The zero-order valence-corrected chi connectivity index (χ0v) is 12.7. The van der Waals surface area contributed by atoms with Gasteiger partial charge in [0.25, 0.3) is 0 Å². The van der Waals surface area contributed by atoms with Gasteiger partial charge in [0.1, 0.15) is 0 Å². The Labute approximate surface area is 120 Å². The van der Waals surface area contributed by atoms with Gasteiger partial charge in [-0.05, 0) is 55.4 Å². The fraction of sp³-hybridized carbons (Fsp3) is 0.600. The van der Waals surface area contributed by atoms with Crippen LogP contribution in [0, 0.1) is 0 Å². The van der Waals surface area contributed by atoms with Crippen LogP contribution in [0.15, 0.2) is 23.1 Å². The van der Waals surface area contributed by atoms with Crippen LogP contribution >= 0.6 is 0 Å². The maximum atomic E-state index is 12.8. The number of sulfonamides is 1. The van der Waals surface area contributed by atoms with Crippen LogP contribution in [0.1, 0.15) is 30.4 Å². The van der Waals surface area contributed by atoms with Crippen LogP contribution in [0.3, 0.4) is 0 Å². The van der Waals surface area contributed by atoms with Gasteiger partial charge in [0.05, 0.1) is 11.5 Å². The molecular weight excluding hydrogens is 274 g/mol. The standard InChI is InChI=1S/C15H21NO3S/c1-19-11-14-6-3-9-16(14)20(17,18)15-8-7-12-4-2-5-13(12)10-15/h7-8,10,14H,2-6,9,11H2,1H3. The van der Waals surface area contributed by atoms with Crippen molar-refractivity contribution in [2.75, 3.05) is 20.3 Å². The molecule has 0 saturated carbocycles. The summed E-state index contributed by atoms with van der Waals surface area (Å²) in [6, 6.07) is 5.61. The Hall–Kier alpha value is -0.910. The summed E-state index contributed by atoms with van der Waals surface area (Å²) in [4.78, 5) is 0.446. The van der Waals surface area contributed by atoms with Crippen LogP contribution in [-0.4, -0.2) is 39.0 Å². The first-order chi connectivity index (χ1) is 9.63. The van der Waals surface area contributed by atoms with Crippen molar-refractivity contribution in [2.45, 2.75) is 43.0 Å². The molecule has 1 aliphatic carbocycles. The molecular formula is C15H21NO3S. The lowest BCUT2D eigenvalue weighted by Gasteiger charge is -2.23. The van der Waals surface area contributed by atoms with Crippen LogP contribution in [-0.2, 0) is 27.6 Å². The third kappa shape index (κ3) is 2.38. The Balaban J connectivity index is 1.91. The third-order valence-corrected chi connectivity index (χ3v) is 6.31. The monoisotopic (exact) mass is 295 g/mol. The molecule has 1 aromatic rings. The first-order valence-electron chi connectivity index (χ1n) is 7.25. The van der Waals surface area contributed by atoms with Crippen molar-refractivity contribution in [3.05, 3.63) is 29.3 Å². The van der Waals surface area contributed by atoms with Crippen molar-refractivity contribution in [3.8, 4) is 0 Å². The molecule has 0 spiro atoms. The second-order valence-electron chi connectivity index (χ2n) is 5.65. The lowest BCUT2D eigenvalue weighted by molar-refractivity contribution is 0.149. The van der Waals surface area contributed by atoms with Gasteiger partial charge in [0, 0.05) is 19.7 Å². The second-order valence-corrected chi connectivity index (χ2v) is 7.54. The van der Waals surface area contributed by atoms with Crippen LogP contribution in [0.25, 0.3) is 0 Å². The molecule has 1 aromatic carbocycles. The second kappa shape index (κ2) is 5.47. The number of hydrogen-bond acceptors (Lipinski definition) is 3. The van der Waals surface area contributed by atoms with Gasteiger partial charge in [-0.25, -0.2) is 8.42 Å². The first-order valence-corrected chi connectivity index (χ1v) is 8.69. The highest BCUT2D eigenvalue weighted by molar-refractivity contribution is 7.89. The molecule has 0 bridgehead atoms. The quantitative estimate of drug-likeness (QED) is 0.853. The number of ether oxygens (including phenoxy) is 1. The first kappa shape index (κ1) is 14.0. The third-order valence-electron chi connectivity index (χ3n) is 4.36. The van der Waals surface area contributed by atoms with Gasteiger partial charge in [-0.3, -0.25) is 0 Å². The van der Waals surface area contributed by atoms with Crippen molar-refractivity contribution < 1.29 is 13.2 Å². The van der Waals surface area contributed by atoms with Crippen LogP contribution in [0.5, 0.6) is 0 Å². The topological polar surface area (TPSA) is 46.6 Å². The summed E-state index contributed by atoms with van der Waals surface area (Å²) in [5.41, 5.74) is 2.51. The van der Waals surface area contributed by atoms with Crippen molar-refractivity contribution >= 4 is 10.0 Å². The van der Waals surface area contributed by atoms with Gasteiger partial charge < -0.3 is 4.74 Å². The van der Waals surface area contributed by atoms with Crippen LogP contribution in [0.2, 0.25) is 0 Å². The highest BCUT2D eigenvalue weighted by Crippen LogP contribution is 2.29. The number of hydrogen-bond donors (Lipinski definition) is 0. The van der Waals surface area contributed by atoms with E-state index in [1.165, 1.54) is 11.1 Å². The van der Waals surface area contributed by atoms with E-state index in [0.717, 1.165) is 32.1 Å². The smallest absolute Gasteiger partial charge is 0.243 e. The Bertz CT molecular complexity index is 597. The van der Waals surface area contributed by atoms with Crippen molar-refractivity contribution in [2.24, 2.45) is 0 Å². The van der Waals surface area contributed by atoms with Crippen LogP contribution < -0.4 is 0 Å². The molecule has 1 saturated heterocycles. The number of methoxy groups -OCH3 is 1. The van der Waals surface area contributed by atoms with Crippen molar-refractivity contribution in [3.63, 3.8) is 0 Å². The molecule has 0 N–H and O–H groups in total. The minimum absolute atomic E-state index is 0.0155. The molecule has 1 unspecified atom stereocenters. The molecule has 20 heavy (non-hydrogen) atoms. The Morgan fingerprint density at radius 3 is 2.85 bits per heavy atom. The summed E-state index contributed by atoms with van der Waals surface area (Å²) in [7, 11) is -1.75. The normalized spacial score (nSPS) is 23.1. The van der Waals surface area contributed by atoms with Crippen molar-refractivity contribution in [1.29, 1.82) is 0 Å². The molecule has 0 amide bonds. The van der Waals surface area contributed by atoms with E-state index in [0.29, 0.717) is 18.0 Å². The number of benzene rings is 1. The average molecular weight is 295 g/mol. The summed E-state index contributed by atoms with van der Waals surface area (Å²) in [5.74, 6) is 0. The highest BCUT2D eigenvalue weighted by Gasteiger charge is 2.35. The zero-order chi connectivity index (χ0) is 14.2. The van der Waals surface area contributed by atoms with Crippen LogP contribution in [0.4, 0.5) is 0 Å². The Morgan fingerprint density at radius 1 is 1.25 bits per heavy atom. The van der Waals surface area contributed by atoms with E-state index in [2.05, 4.69) is 0 Å². The van der Waals surface area contributed by atoms with E-state index in [1.807, 2.05) is 12.1 Å². The molecule has 5 heteroatoms. The fourth-order valence-electron chi connectivity index (χ4n) is 3.33. The molecule has 1 fully saturated rings. The van der Waals surface area contributed by atoms with Gasteiger partial charge in [0.15, 0.2) is 0 Å². The van der Waals surface area contributed by atoms with E-state index in [9.17, 15) is 8.42 Å². The molecule has 0 aromatic heterocycles. The van der Waals surface area contributed by atoms with E-state index in [-0.39, 0.29) is 6.04 Å². The zero-order valence-electron chi connectivity index (χ0n) is 11.8. The van der Waals surface area contributed by atoms with Gasteiger partial charge in [-0.2, -0.15) is 4.31 Å². The fourth-order valence-corrected chi connectivity index (χ4v) is 5.06. The summed E-state index contributed by atoms with van der Waals surface area (Å²) < 4.78 is 32.4. The number of fused-ring (bicyclic) bond motifs is 1.